The molecule has 5 nitrogen and oxygen atoms in total. The highest BCUT2D eigenvalue weighted by Gasteiger charge is 2.28. The van der Waals surface area contributed by atoms with E-state index < -0.39 is 5.60 Å². The van der Waals surface area contributed by atoms with Crippen LogP contribution < -0.4 is 5.59 Å². The number of amides is 1. The predicted molar refractivity (Wildman–Crippen MR) is 92.5 cm³/mol. The van der Waals surface area contributed by atoms with Crippen molar-refractivity contribution in [2.24, 2.45) is 0 Å². The van der Waals surface area contributed by atoms with Crippen LogP contribution in [-0.4, -0.2) is 40.5 Å². The normalized spacial score (nSPS) is 14.5. The molecule has 2 aromatic rings. The number of aromatic nitrogens is 2. The molecular weight excluding hydrogens is 289 g/mol. The summed E-state index contributed by atoms with van der Waals surface area (Å²) in [7, 11) is 2.02. The second kappa shape index (κ2) is 5.76. The SMILES string of the molecule is Bc1nc2n(c1-c1ccccc1)CCN(C(=O)OC(C)(C)C)C2. The van der Waals surface area contributed by atoms with Gasteiger partial charge in [0, 0.05) is 18.7 Å². The molecule has 0 aliphatic carbocycles. The van der Waals surface area contributed by atoms with Crippen LogP contribution in [0.1, 0.15) is 26.6 Å². The number of nitrogens with zero attached hydrogens (tertiary/aromatic N) is 3. The van der Waals surface area contributed by atoms with E-state index in [0.29, 0.717) is 13.1 Å². The van der Waals surface area contributed by atoms with Crippen molar-refractivity contribution in [2.45, 2.75) is 39.5 Å². The lowest BCUT2D eigenvalue weighted by Crippen LogP contribution is -2.41. The van der Waals surface area contributed by atoms with Crippen molar-refractivity contribution < 1.29 is 9.53 Å². The summed E-state index contributed by atoms with van der Waals surface area (Å²) in [5.74, 6) is 0.915. The van der Waals surface area contributed by atoms with Crippen LogP contribution in [0.15, 0.2) is 30.3 Å². The van der Waals surface area contributed by atoms with Gasteiger partial charge in [-0.25, -0.2) is 9.78 Å². The first-order valence-corrected chi connectivity index (χ1v) is 7.94. The molecule has 1 aliphatic heterocycles. The van der Waals surface area contributed by atoms with Gasteiger partial charge in [-0.15, -0.1) is 0 Å². The van der Waals surface area contributed by atoms with Crippen LogP contribution in [-0.2, 0) is 17.8 Å². The van der Waals surface area contributed by atoms with Crippen molar-refractivity contribution >= 4 is 19.5 Å². The molecular formula is C17H22BN3O2. The Morgan fingerprint density at radius 1 is 1.22 bits per heavy atom. The Labute approximate surface area is 137 Å². The molecule has 0 saturated carbocycles. The van der Waals surface area contributed by atoms with Gasteiger partial charge in [-0.1, -0.05) is 30.3 Å². The molecule has 0 N–H and O–H groups in total. The Morgan fingerprint density at radius 2 is 1.91 bits per heavy atom. The van der Waals surface area contributed by atoms with Gasteiger partial charge in [-0.2, -0.15) is 0 Å². The minimum Gasteiger partial charge on any atom is -0.444 e. The van der Waals surface area contributed by atoms with Crippen molar-refractivity contribution in [1.29, 1.82) is 0 Å². The van der Waals surface area contributed by atoms with Crippen LogP contribution in [0.25, 0.3) is 11.3 Å². The molecule has 0 spiro atoms. The maximum absolute atomic E-state index is 12.3. The monoisotopic (exact) mass is 311 g/mol. The van der Waals surface area contributed by atoms with Gasteiger partial charge in [-0.05, 0) is 26.3 Å². The van der Waals surface area contributed by atoms with E-state index in [2.05, 4.69) is 21.7 Å². The molecule has 23 heavy (non-hydrogen) atoms. The van der Waals surface area contributed by atoms with E-state index in [9.17, 15) is 4.79 Å². The van der Waals surface area contributed by atoms with Gasteiger partial charge in [-0.3, -0.25) is 4.90 Å². The highest BCUT2D eigenvalue weighted by atomic mass is 16.6. The zero-order chi connectivity index (χ0) is 16.6. The summed E-state index contributed by atoms with van der Waals surface area (Å²) in [6, 6.07) is 10.3. The number of hydrogen-bond acceptors (Lipinski definition) is 3. The van der Waals surface area contributed by atoms with Crippen LogP contribution in [0.4, 0.5) is 4.79 Å². The maximum atomic E-state index is 12.3. The maximum Gasteiger partial charge on any atom is 0.410 e. The van der Waals surface area contributed by atoms with Crippen LogP contribution in [0, 0.1) is 0 Å². The Morgan fingerprint density at radius 3 is 2.57 bits per heavy atom. The Balaban J connectivity index is 1.85. The lowest BCUT2D eigenvalue weighted by molar-refractivity contribution is 0.0196. The molecule has 3 rings (SSSR count). The van der Waals surface area contributed by atoms with Crippen molar-refractivity contribution in [2.75, 3.05) is 6.54 Å². The first-order valence-electron chi connectivity index (χ1n) is 7.94. The van der Waals surface area contributed by atoms with Crippen molar-refractivity contribution in [3.05, 3.63) is 36.2 Å². The average molecular weight is 311 g/mol. The van der Waals surface area contributed by atoms with Gasteiger partial charge in [0.25, 0.3) is 0 Å². The van der Waals surface area contributed by atoms with Crippen molar-refractivity contribution in [3.8, 4) is 11.3 Å². The molecule has 0 atom stereocenters. The fourth-order valence-electron chi connectivity index (χ4n) is 2.91. The molecule has 1 aromatic carbocycles. The van der Waals surface area contributed by atoms with E-state index in [4.69, 9.17) is 4.74 Å². The third-order valence-electron chi connectivity index (χ3n) is 3.85. The summed E-state index contributed by atoms with van der Waals surface area (Å²) in [6.07, 6.45) is -0.273. The second-order valence-corrected chi connectivity index (χ2v) is 6.88. The van der Waals surface area contributed by atoms with E-state index in [1.807, 2.05) is 46.8 Å². The summed E-state index contributed by atoms with van der Waals surface area (Å²) in [4.78, 5) is 18.6. The molecule has 0 fully saturated rings. The quantitative estimate of drug-likeness (QED) is 0.751. The molecule has 120 valence electrons. The highest BCUT2D eigenvalue weighted by molar-refractivity contribution is 6.34. The van der Waals surface area contributed by atoms with Crippen LogP contribution in [0.5, 0.6) is 0 Å². The Bertz CT molecular complexity index is 719. The molecule has 0 radical (unpaired) electrons. The zero-order valence-corrected chi connectivity index (χ0v) is 14.2. The summed E-state index contributed by atoms with van der Waals surface area (Å²) >= 11 is 0. The van der Waals surface area contributed by atoms with Crippen molar-refractivity contribution in [1.82, 2.24) is 14.5 Å². The molecule has 0 bridgehead atoms. The van der Waals surface area contributed by atoms with Gasteiger partial charge in [0.2, 0.25) is 0 Å². The van der Waals surface area contributed by atoms with Gasteiger partial charge < -0.3 is 9.30 Å². The summed E-state index contributed by atoms with van der Waals surface area (Å²) in [5.41, 5.74) is 2.82. The van der Waals surface area contributed by atoms with E-state index in [1.165, 1.54) is 0 Å². The molecule has 0 unspecified atom stereocenters. The number of fused-ring (bicyclic) bond motifs is 1. The number of benzene rings is 1. The minimum atomic E-state index is -0.477. The van der Waals surface area contributed by atoms with Crippen LogP contribution in [0.3, 0.4) is 0 Å². The van der Waals surface area contributed by atoms with E-state index in [1.54, 1.807) is 4.90 Å². The Kier molecular flexibility index (Phi) is 3.92. The zero-order valence-electron chi connectivity index (χ0n) is 14.2. The fourth-order valence-corrected chi connectivity index (χ4v) is 2.91. The number of carbonyl (C=O) groups is 1. The molecule has 1 aliphatic rings. The summed E-state index contributed by atoms with van der Waals surface area (Å²) < 4.78 is 7.68. The molecule has 2 heterocycles. The number of ether oxygens (including phenoxy) is 1. The van der Waals surface area contributed by atoms with Gasteiger partial charge in [0.15, 0.2) is 7.85 Å². The van der Waals surface area contributed by atoms with Crippen LogP contribution in [0.2, 0.25) is 0 Å². The summed E-state index contributed by atoms with van der Waals surface area (Å²) in [5, 5.41) is 0. The lowest BCUT2D eigenvalue weighted by Gasteiger charge is -2.31. The molecule has 0 saturated heterocycles. The molecule has 6 heteroatoms. The van der Waals surface area contributed by atoms with E-state index in [0.717, 1.165) is 29.2 Å². The second-order valence-electron chi connectivity index (χ2n) is 6.88. The van der Waals surface area contributed by atoms with Gasteiger partial charge >= 0.3 is 6.09 Å². The lowest BCUT2D eigenvalue weighted by atomic mass is 9.98. The third-order valence-corrected chi connectivity index (χ3v) is 3.85. The average Bonchev–Trinajstić information content (AvgIpc) is 2.81. The predicted octanol–water partition coefficient (Wildman–Crippen LogP) is 1.56. The standard InChI is InChI=1S/C17H22BN3O2/c1-17(2,3)23-16(22)20-9-10-21-13(11-20)19-15(18)14(21)12-7-5-4-6-8-12/h4-8H,9-11,18H2,1-3H3. The van der Waals surface area contributed by atoms with E-state index in [-0.39, 0.29) is 6.09 Å². The van der Waals surface area contributed by atoms with Crippen LogP contribution >= 0.6 is 0 Å². The largest absolute Gasteiger partial charge is 0.444 e. The first kappa shape index (κ1) is 15.7. The highest BCUT2D eigenvalue weighted by Crippen LogP contribution is 2.23. The smallest absolute Gasteiger partial charge is 0.410 e. The number of hydrogen-bond donors (Lipinski definition) is 0. The van der Waals surface area contributed by atoms with E-state index >= 15 is 0 Å². The van der Waals surface area contributed by atoms with Crippen molar-refractivity contribution in [3.63, 3.8) is 0 Å². The number of carbonyl (C=O) groups excluding carboxylic acids is 1. The number of imidazole rings is 1. The number of rotatable bonds is 1. The third kappa shape index (κ3) is 3.26. The molecule has 1 aromatic heterocycles. The minimum absolute atomic E-state index is 0.273. The topological polar surface area (TPSA) is 47.4 Å². The Hall–Kier alpha value is -2.24. The first-order chi connectivity index (χ1) is 10.8. The summed E-state index contributed by atoms with van der Waals surface area (Å²) in [6.45, 7) is 7.51. The molecule has 1 amide bonds. The van der Waals surface area contributed by atoms with Gasteiger partial charge in [0.1, 0.15) is 11.4 Å². The fraction of sp³-hybridized carbons (Fsp3) is 0.412. The van der Waals surface area contributed by atoms with Gasteiger partial charge in [0.05, 0.1) is 12.2 Å².